The fraction of sp³-hybridized carbons (Fsp3) is 0.714. The first-order valence-corrected chi connectivity index (χ1v) is 9.86. The number of nitrogens with zero attached hydrogens (tertiary/aromatic N) is 1. The standard InChI is InChI=1S/C21H29NO2/c1-14-11-16(23)12-18-17(14)13-19-21(24)8-3-2-7-20(18,21)9-10-22(19)15-5-4-6-15/h11-12,15,19,23-24H,2-10,13H2,1H3/t19-,20+,21-/m1/s1. The van der Waals surface area contributed by atoms with E-state index in [4.69, 9.17) is 0 Å². The fourth-order valence-electron chi connectivity index (χ4n) is 6.49. The molecule has 24 heavy (non-hydrogen) atoms. The number of fused-ring (bicyclic) bond motifs is 1. The molecular formula is C21H29NO2. The SMILES string of the molecule is Cc1cc(O)cc2c1C[C@H]1N(C3CCC3)CC[C@@]23CCCC[C@@]13O. The van der Waals surface area contributed by atoms with Crippen LogP contribution >= 0.6 is 0 Å². The Bertz CT molecular complexity index is 683. The van der Waals surface area contributed by atoms with Crippen LogP contribution in [0.1, 0.15) is 68.1 Å². The van der Waals surface area contributed by atoms with Crippen molar-refractivity contribution in [2.45, 2.75) is 87.8 Å². The summed E-state index contributed by atoms with van der Waals surface area (Å²) in [5, 5.41) is 22.2. The maximum absolute atomic E-state index is 12.0. The second-order valence-electron chi connectivity index (χ2n) is 8.79. The van der Waals surface area contributed by atoms with Gasteiger partial charge in [-0.1, -0.05) is 19.3 Å². The van der Waals surface area contributed by atoms with Gasteiger partial charge in [0.15, 0.2) is 0 Å². The average molecular weight is 327 g/mol. The zero-order valence-electron chi connectivity index (χ0n) is 14.7. The summed E-state index contributed by atoms with van der Waals surface area (Å²) in [7, 11) is 0. The fourth-order valence-corrected chi connectivity index (χ4v) is 6.49. The second kappa shape index (κ2) is 4.98. The molecule has 1 aliphatic heterocycles. The minimum Gasteiger partial charge on any atom is -0.508 e. The maximum atomic E-state index is 12.0. The molecule has 0 unspecified atom stereocenters. The Morgan fingerprint density at radius 2 is 1.88 bits per heavy atom. The van der Waals surface area contributed by atoms with Gasteiger partial charge in [-0.05, 0) is 80.8 Å². The van der Waals surface area contributed by atoms with E-state index in [2.05, 4.69) is 11.8 Å². The molecule has 3 fully saturated rings. The molecule has 2 bridgehead atoms. The zero-order valence-corrected chi connectivity index (χ0v) is 14.7. The minimum atomic E-state index is -0.605. The van der Waals surface area contributed by atoms with Gasteiger partial charge in [-0.3, -0.25) is 4.90 Å². The highest BCUT2D eigenvalue weighted by atomic mass is 16.3. The summed E-state index contributed by atoms with van der Waals surface area (Å²) in [6.07, 6.45) is 10.3. The Labute approximate surface area is 144 Å². The molecule has 3 atom stereocenters. The van der Waals surface area contributed by atoms with E-state index in [1.807, 2.05) is 12.1 Å². The molecule has 1 heterocycles. The largest absolute Gasteiger partial charge is 0.508 e. The average Bonchev–Trinajstić information content (AvgIpc) is 2.48. The highest BCUT2D eigenvalue weighted by Gasteiger charge is 2.64. The van der Waals surface area contributed by atoms with E-state index in [0.29, 0.717) is 11.8 Å². The van der Waals surface area contributed by atoms with Crippen molar-refractivity contribution in [1.29, 1.82) is 0 Å². The summed E-state index contributed by atoms with van der Waals surface area (Å²) in [5.74, 6) is 0.369. The summed E-state index contributed by atoms with van der Waals surface area (Å²) in [6.45, 7) is 3.25. The summed E-state index contributed by atoms with van der Waals surface area (Å²) in [6, 6.07) is 4.85. The number of piperidine rings is 1. The van der Waals surface area contributed by atoms with Gasteiger partial charge in [0.1, 0.15) is 5.75 Å². The van der Waals surface area contributed by atoms with Gasteiger partial charge in [0.25, 0.3) is 0 Å². The van der Waals surface area contributed by atoms with Gasteiger partial charge >= 0.3 is 0 Å². The van der Waals surface area contributed by atoms with Crippen molar-refractivity contribution in [3.8, 4) is 5.75 Å². The topological polar surface area (TPSA) is 43.7 Å². The van der Waals surface area contributed by atoms with E-state index in [1.165, 1.54) is 42.4 Å². The molecular weight excluding hydrogens is 298 g/mol. The summed E-state index contributed by atoms with van der Waals surface area (Å²) in [5.41, 5.74) is 3.15. The van der Waals surface area contributed by atoms with E-state index in [1.54, 1.807) is 0 Å². The first kappa shape index (κ1) is 15.2. The van der Waals surface area contributed by atoms with Crippen LogP contribution in [0.5, 0.6) is 5.75 Å². The van der Waals surface area contributed by atoms with Crippen LogP contribution in [-0.2, 0) is 11.8 Å². The van der Waals surface area contributed by atoms with Crippen LogP contribution in [0.4, 0.5) is 0 Å². The Balaban J connectivity index is 1.70. The second-order valence-corrected chi connectivity index (χ2v) is 8.79. The number of aryl methyl sites for hydroxylation is 1. The van der Waals surface area contributed by atoms with E-state index in [0.717, 1.165) is 38.6 Å². The monoisotopic (exact) mass is 327 g/mol. The van der Waals surface area contributed by atoms with Crippen LogP contribution in [-0.4, -0.2) is 39.3 Å². The summed E-state index contributed by atoms with van der Waals surface area (Å²) in [4.78, 5) is 2.67. The van der Waals surface area contributed by atoms with Crippen molar-refractivity contribution in [1.82, 2.24) is 4.90 Å². The van der Waals surface area contributed by atoms with E-state index in [9.17, 15) is 10.2 Å². The van der Waals surface area contributed by atoms with Crippen LogP contribution in [0.25, 0.3) is 0 Å². The third-order valence-electron chi connectivity index (χ3n) is 7.90. The molecule has 0 spiro atoms. The third-order valence-corrected chi connectivity index (χ3v) is 7.90. The van der Waals surface area contributed by atoms with Gasteiger partial charge < -0.3 is 10.2 Å². The lowest BCUT2D eigenvalue weighted by Crippen LogP contribution is -2.74. The Morgan fingerprint density at radius 1 is 1.08 bits per heavy atom. The van der Waals surface area contributed by atoms with Crippen LogP contribution < -0.4 is 0 Å². The van der Waals surface area contributed by atoms with Crippen LogP contribution in [0, 0.1) is 6.92 Å². The number of benzene rings is 1. The molecule has 3 aliphatic carbocycles. The number of aromatic hydroxyl groups is 1. The van der Waals surface area contributed by atoms with Gasteiger partial charge in [-0.25, -0.2) is 0 Å². The van der Waals surface area contributed by atoms with Crippen LogP contribution in [0.2, 0.25) is 0 Å². The van der Waals surface area contributed by atoms with Crippen molar-refractivity contribution >= 4 is 0 Å². The highest BCUT2D eigenvalue weighted by Crippen LogP contribution is 2.59. The van der Waals surface area contributed by atoms with Crippen molar-refractivity contribution < 1.29 is 10.2 Å². The number of rotatable bonds is 1. The van der Waals surface area contributed by atoms with Gasteiger partial charge in [-0.15, -0.1) is 0 Å². The predicted octanol–water partition coefficient (Wildman–Crippen LogP) is 3.43. The number of hydrogen-bond acceptors (Lipinski definition) is 3. The van der Waals surface area contributed by atoms with Crippen molar-refractivity contribution in [3.63, 3.8) is 0 Å². The number of hydrogen-bond donors (Lipinski definition) is 2. The molecule has 1 aromatic rings. The first-order valence-electron chi connectivity index (χ1n) is 9.86. The minimum absolute atomic E-state index is 0.132. The molecule has 3 nitrogen and oxygen atoms in total. The molecule has 0 amide bonds. The van der Waals surface area contributed by atoms with E-state index < -0.39 is 5.60 Å². The molecule has 1 saturated heterocycles. The first-order chi connectivity index (χ1) is 11.6. The molecule has 5 rings (SSSR count). The van der Waals surface area contributed by atoms with Gasteiger partial charge in [0.2, 0.25) is 0 Å². The molecule has 3 heteroatoms. The Kier molecular flexibility index (Phi) is 3.16. The lowest BCUT2D eigenvalue weighted by atomic mass is 9.49. The molecule has 2 saturated carbocycles. The Morgan fingerprint density at radius 3 is 2.62 bits per heavy atom. The Hall–Kier alpha value is -1.06. The lowest BCUT2D eigenvalue weighted by Gasteiger charge is -2.65. The highest BCUT2D eigenvalue weighted by molar-refractivity contribution is 5.51. The number of likely N-dealkylation sites (tertiary alicyclic amines) is 1. The zero-order chi connectivity index (χ0) is 16.5. The third kappa shape index (κ3) is 1.75. The molecule has 0 radical (unpaired) electrons. The van der Waals surface area contributed by atoms with Gasteiger partial charge in [0.05, 0.1) is 5.60 Å². The number of aliphatic hydroxyl groups is 1. The molecule has 4 aliphatic rings. The van der Waals surface area contributed by atoms with Crippen LogP contribution in [0.15, 0.2) is 12.1 Å². The lowest BCUT2D eigenvalue weighted by molar-refractivity contribution is -0.179. The van der Waals surface area contributed by atoms with E-state index in [-0.39, 0.29) is 11.5 Å². The number of phenols is 1. The molecule has 130 valence electrons. The predicted molar refractivity (Wildman–Crippen MR) is 94.4 cm³/mol. The number of phenolic OH excluding ortho intramolecular Hbond substituents is 1. The summed E-state index contributed by atoms with van der Waals surface area (Å²) >= 11 is 0. The molecule has 2 N–H and O–H groups in total. The maximum Gasteiger partial charge on any atom is 0.116 e. The van der Waals surface area contributed by atoms with E-state index >= 15 is 0 Å². The molecule has 0 aromatic heterocycles. The summed E-state index contributed by atoms with van der Waals surface area (Å²) < 4.78 is 0. The van der Waals surface area contributed by atoms with Crippen molar-refractivity contribution in [2.75, 3.05) is 6.54 Å². The van der Waals surface area contributed by atoms with Gasteiger partial charge in [-0.2, -0.15) is 0 Å². The van der Waals surface area contributed by atoms with Crippen LogP contribution in [0.3, 0.4) is 0 Å². The smallest absolute Gasteiger partial charge is 0.116 e. The van der Waals surface area contributed by atoms with Crippen molar-refractivity contribution in [2.24, 2.45) is 0 Å². The van der Waals surface area contributed by atoms with Crippen molar-refractivity contribution in [3.05, 3.63) is 28.8 Å². The quantitative estimate of drug-likeness (QED) is 0.830. The van der Waals surface area contributed by atoms with Gasteiger partial charge in [0, 0.05) is 17.5 Å². The normalized spacial score (nSPS) is 39.0. The molecule has 1 aromatic carbocycles.